The lowest BCUT2D eigenvalue weighted by atomic mass is 9.85. The van der Waals surface area contributed by atoms with E-state index in [-0.39, 0.29) is 4.90 Å². The summed E-state index contributed by atoms with van der Waals surface area (Å²) in [4.78, 5) is 2.64. The SMILES string of the molecule is C[C@@H]1C[C@H](COc2ccc(S(=O)(=O)CCS(C)(=O)=O)cc2)CN1[C@@H]1CCc2c(C#N)cc(Cl)cc2C1. The maximum absolute atomic E-state index is 12.4. The third-order valence-corrected chi connectivity index (χ3v) is 10.3. The molecule has 2 aliphatic rings. The monoisotopic (exact) mass is 550 g/mol. The van der Waals surface area contributed by atoms with Crippen molar-refractivity contribution in [1.82, 2.24) is 4.90 Å². The first-order valence-electron chi connectivity index (χ1n) is 12.1. The molecule has 0 aromatic heterocycles. The average Bonchev–Trinajstić information content (AvgIpc) is 3.20. The summed E-state index contributed by atoms with van der Waals surface area (Å²) in [6.07, 6.45) is 4.82. The van der Waals surface area contributed by atoms with Crippen LogP contribution in [-0.4, -0.2) is 64.7 Å². The number of ether oxygens (including phenoxy) is 1. The average molecular weight is 551 g/mol. The number of hydrogen-bond donors (Lipinski definition) is 0. The Morgan fingerprint density at radius 3 is 2.53 bits per heavy atom. The highest BCUT2D eigenvalue weighted by molar-refractivity contribution is 7.94. The summed E-state index contributed by atoms with van der Waals surface area (Å²) in [5.74, 6) is 0.114. The molecule has 1 aliphatic heterocycles. The fourth-order valence-electron chi connectivity index (χ4n) is 5.36. The summed E-state index contributed by atoms with van der Waals surface area (Å²) in [6.45, 7) is 3.70. The summed E-state index contributed by atoms with van der Waals surface area (Å²) >= 11 is 6.25. The predicted octanol–water partition coefficient (Wildman–Crippen LogP) is 3.68. The highest BCUT2D eigenvalue weighted by Gasteiger charge is 2.36. The van der Waals surface area contributed by atoms with Gasteiger partial charge in [-0.25, -0.2) is 16.8 Å². The highest BCUT2D eigenvalue weighted by Crippen LogP contribution is 2.34. The minimum atomic E-state index is -3.66. The third kappa shape index (κ3) is 6.41. The number of halogens is 1. The van der Waals surface area contributed by atoms with E-state index < -0.39 is 31.2 Å². The van der Waals surface area contributed by atoms with E-state index in [9.17, 15) is 22.1 Å². The molecule has 2 aromatic carbocycles. The van der Waals surface area contributed by atoms with Gasteiger partial charge in [0.25, 0.3) is 0 Å². The molecule has 0 N–H and O–H groups in total. The lowest BCUT2D eigenvalue weighted by Crippen LogP contribution is -2.41. The van der Waals surface area contributed by atoms with E-state index >= 15 is 0 Å². The molecular weight excluding hydrogens is 520 g/mol. The number of benzene rings is 2. The third-order valence-electron chi connectivity index (χ3n) is 7.18. The predicted molar refractivity (Wildman–Crippen MR) is 140 cm³/mol. The Bertz CT molecular complexity index is 1370. The molecule has 0 radical (unpaired) electrons. The number of nitrogens with zero attached hydrogens (tertiary/aromatic N) is 2. The Morgan fingerprint density at radius 1 is 1.14 bits per heavy atom. The van der Waals surface area contributed by atoms with Crippen molar-refractivity contribution in [3.05, 3.63) is 58.1 Å². The highest BCUT2D eigenvalue weighted by atomic mass is 35.5. The molecule has 194 valence electrons. The fourth-order valence-corrected chi connectivity index (χ4v) is 8.47. The maximum Gasteiger partial charge on any atom is 0.179 e. The van der Waals surface area contributed by atoms with Gasteiger partial charge in [0.1, 0.15) is 15.6 Å². The van der Waals surface area contributed by atoms with Crippen molar-refractivity contribution in [3.8, 4) is 11.8 Å². The van der Waals surface area contributed by atoms with Crippen LogP contribution in [0.4, 0.5) is 0 Å². The molecule has 0 spiro atoms. The number of rotatable bonds is 8. The smallest absolute Gasteiger partial charge is 0.179 e. The first kappa shape index (κ1) is 26.9. The second kappa shape index (κ2) is 10.7. The topological polar surface area (TPSA) is 105 Å². The quantitative estimate of drug-likeness (QED) is 0.493. The van der Waals surface area contributed by atoms with Crippen LogP contribution in [0, 0.1) is 17.2 Å². The number of hydrogen-bond acceptors (Lipinski definition) is 7. The Hall–Kier alpha value is -2.12. The molecule has 3 atom stereocenters. The molecule has 4 rings (SSSR count). The molecule has 2 aromatic rings. The Labute approximate surface area is 218 Å². The van der Waals surface area contributed by atoms with Crippen molar-refractivity contribution >= 4 is 31.3 Å². The van der Waals surface area contributed by atoms with Gasteiger partial charge in [-0.3, -0.25) is 4.90 Å². The fraction of sp³-hybridized carbons (Fsp3) is 0.500. The Morgan fingerprint density at radius 2 is 1.86 bits per heavy atom. The molecule has 0 saturated carbocycles. The summed E-state index contributed by atoms with van der Waals surface area (Å²) in [7, 11) is -7.02. The lowest BCUT2D eigenvalue weighted by Gasteiger charge is -2.35. The lowest BCUT2D eigenvalue weighted by molar-refractivity contribution is 0.164. The van der Waals surface area contributed by atoms with Gasteiger partial charge in [0.2, 0.25) is 0 Å². The first-order chi connectivity index (χ1) is 16.9. The molecular formula is C26H31ClN2O5S2. The summed E-state index contributed by atoms with van der Waals surface area (Å²) in [5.41, 5.74) is 2.99. The van der Waals surface area contributed by atoms with Crippen molar-refractivity contribution in [3.63, 3.8) is 0 Å². The van der Waals surface area contributed by atoms with Gasteiger partial charge in [-0.2, -0.15) is 5.26 Å². The minimum Gasteiger partial charge on any atom is -0.493 e. The van der Waals surface area contributed by atoms with Gasteiger partial charge in [-0.15, -0.1) is 0 Å². The maximum atomic E-state index is 12.4. The zero-order valence-electron chi connectivity index (χ0n) is 20.5. The van der Waals surface area contributed by atoms with E-state index in [1.165, 1.54) is 17.7 Å². The van der Waals surface area contributed by atoms with E-state index in [1.807, 2.05) is 6.07 Å². The molecule has 0 unspecified atom stereocenters. The normalized spacial score (nSPS) is 22.7. The number of likely N-dealkylation sites (tertiary alicyclic amines) is 1. The number of nitriles is 1. The zero-order valence-corrected chi connectivity index (χ0v) is 22.9. The second-order valence-corrected chi connectivity index (χ2v) is 14.8. The van der Waals surface area contributed by atoms with Crippen molar-refractivity contribution in [2.75, 3.05) is 30.9 Å². The van der Waals surface area contributed by atoms with Crippen LogP contribution in [0.25, 0.3) is 0 Å². The van der Waals surface area contributed by atoms with Crippen LogP contribution in [0.15, 0.2) is 41.3 Å². The van der Waals surface area contributed by atoms with Crippen LogP contribution in [0.5, 0.6) is 5.75 Å². The summed E-state index contributed by atoms with van der Waals surface area (Å²) < 4.78 is 53.4. The minimum absolute atomic E-state index is 0.0939. The van der Waals surface area contributed by atoms with Crippen LogP contribution < -0.4 is 4.74 Å². The van der Waals surface area contributed by atoms with Gasteiger partial charge >= 0.3 is 0 Å². The Balaban J connectivity index is 1.33. The molecule has 36 heavy (non-hydrogen) atoms. The van der Waals surface area contributed by atoms with E-state index in [2.05, 4.69) is 17.9 Å². The van der Waals surface area contributed by atoms with Crippen molar-refractivity contribution in [1.29, 1.82) is 5.26 Å². The van der Waals surface area contributed by atoms with Crippen LogP contribution in [0.2, 0.25) is 5.02 Å². The van der Waals surface area contributed by atoms with Gasteiger partial charge < -0.3 is 4.74 Å². The number of fused-ring (bicyclic) bond motifs is 1. The van der Waals surface area contributed by atoms with E-state index in [0.717, 1.165) is 44.0 Å². The molecule has 0 bridgehead atoms. The largest absolute Gasteiger partial charge is 0.493 e. The van der Waals surface area contributed by atoms with Gasteiger partial charge in [-0.05, 0) is 80.1 Å². The van der Waals surface area contributed by atoms with Crippen LogP contribution in [0.3, 0.4) is 0 Å². The van der Waals surface area contributed by atoms with Crippen LogP contribution >= 0.6 is 11.6 Å². The van der Waals surface area contributed by atoms with E-state index in [0.29, 0.717) is 40.9 Å². The van der Waals surface area contributed by atoms with Crippen molar-refractivity contribution < 1.29 is 21.6 Å². The Kier molecular flexibility index (Phi) is 8.01. The second-order valence-electron chi connectivity index (χ2n) is 9.98. The molecule has 1 saturated heterocycles. The van der Waals surface area contributed by atoms with Crippen molar-refractivity contribution in [2.45, 2.75) is 49.6 Å². The van der Waals surface area contributed by atoms with Crippen LogP contribution in [0.1, 0.15) is 36.5 Å². The van der Waals surface area contributed by atoms with Gasteiger partial charge in [0.15, 0.2) is 9.84 Å². The molecule has 1 aliphatic carbocycles. The van der Waals surface area contributed by atoms with Crippen LogP contribution in [-0.2, 0) is 32.5 Å². The summed E-state index contributed by atoms with van der Waals surface area (Å²) in [6, 6.07) is 13.0. The van der Waals surface area contributed by atoms with E-state index in [1.54, 1.807) is 18.2 Å². The number of sulfone groups is 2. The molecule has 10 heteroatoms. The van der Waals surface area contributed by atoms with Gasteiger partial charge in [0, 0.05) is 35.8 Å². The zero-order chi connectivity index (χ0) is 26.1. The van der Waals surface area contributed by atoms with E-state index in [4.69, 9.17) is 16.3 Å². The summed E-state index contributed by atoms with van der Waals surface area (Å²) in [5, 5.41) is 10.1. The van der Waals surface area contributed by atoms with Crippen molar-refractivity contribution in [2.24, 2.45) is 5.92 Å². The van der Waals surface area contributed by atoms with Gasteiger partial charge in [0.05, 0.1) is 34.6 Å². The molecule has 7 nitrogen and oxygen atoms in total. The molecule has 0 amide bonds. The molecule has 1 fully saturated rings. The first-order valence-corrected chi connectivity index (χ1v) is 16.1. The molecule has 1 heterocycles. The standard InChI is InChI=1S/C26H31ClN2O5S2/c1-18-11-19(16-29(18)23-3-8-26-20(14-23)12-22(27)13-21(26)15-28)17-34-24-4-6-25(7-5-24)36(32,33)10-9-35(2,30)31/h4-7,12-13,18-19,23H,3,8-11,14,16-17H2,1-2H3/t18-,19+,23-/m1/s1. The van der Waals surface area contributed by atoms with Gasteiger partial charge in [-0.1, -0.05) is 11.6 Å².